The highest BCUT2D eigenvalue weighted by Gasteiger charge is 2.33. The van der Waals surface area contributed by atoms with Crippen molar-refractivity contribution in [2.75, 3.05) is 22.4 Å². The molecule has 1 aromatic carbocycles. The minimum absolute atomic E-state index is 0.0307. The fraction of sp³-hybridized carbons (Fsp3) is 0.423. The van der Waals surface area contributed by atoms with Gasteiger partial charge in [0.15, 0.2) is 0 Å². The Labute approximate surface area is 227 Å². The van der Waals surface area contributed by atoms with E-state index in [9.17, 15) is 22.2 Å². The van der Waals surface area contributed by atoms with Crippen LogP contribution in [-0.2, 0) is 22.7 Å². The topological polar surface area (TPSA) is 124 Å². The summed E-state index contributed by atoms with van der Waals surface area (Å²) >= 11 is 0. The van der Waals surface area contributed by atoms with Gasteiger partial charge in [-0.2, -0.15) is 18.3 Å². The Kier molecular flexibility index (Phi) is 8.94. The zero-order valence-electron chi connectivity index (χ0n) is 22.6. The lowest BCUT2D eigenvalue weighted by Gasteiger charge is -2.23. The third-order valence-electron chi connectivity index (χ3n) is 5.37. The summed E-state index contributed by atoms with van der Waals surface area (Å²) in [5.41, 5.74) is 5.14. The molecule has 0 radical (unpaired) electrons. The van der Waals surface area contributed by atoms with Crippen LogP contribution >= 0.6 is 0 Å². The second kappa shape index (κ2) is 11.6. The first-order chi connectivity index (χ1) is 18.1. The van der Waals surface area contributed by atoms with Gasteiger partial charge in [-0.1, -0.05) is 32.9 Å². The number of alkyl halides is 3. The number of aromatic nitrogens is 3. The van der Waals surface area contributed by atoms with Crippen LogP contribution in [0.15, 0.2) is 36.4 Å². The lowest BCUT2D eigenvalue weighted by molar-refractivity contribution is -0.141. The largest absolute Gasteiger partial charge is 0.491 e. The number of ether oxygens (including phenoxy) is 1. The van der Waals surface area contributed by atoms with Gasteiger partial charge in [-0.05, 0) is 51.0 Å². The van der Waals surface area contributed by atoms with E-state index in [1.807, 2.05) is 34.6 Å². The first kappa shape index (κ1) is 29.9. The van der Waals surface area contributed by atoms with Gasteiger partial charge in [0.05, 0.1) is 17.8 Å². The number of carbonyl (C=O) groups excluding carboxylic acids is 1. The molecular weight excluding hydrogens is 533 g/mol. The van der Waals surface area contributed by atoms with Crippen LogP contribution in [0.2, 0.25) is 0 Å². The number of pyridine rings is 1. The van der Waals surface area contributed by atoms with E-state index in [0.717, 1.165) is 6.07 Å². The molecule has 212 valence electrons. The van der Waals surface area contributed by atoms with E-state index in [0.29, 0.717) is 29.4 Å². The maximum absolute atomic E-state index is 13.3. The molecular formula is C26H33F3N6O3S. The quantitative estimate of drug-likeness (QED) is 0.290. The maximum atomic E-state index is 13.3. The second-order valence-corrected chi connectivity index (χ2v) is 11.7. The lowest BCUT2D eigenvalue weighted by Crippen LogP contribution is -2.25. The van der Waals surface area contributed by atoms with Gasteiger partial charge in [-0.15, -0.1) is 0 Å². The van der Waals surface area contributed by atoms with E-state index in [1.54, 1.807) is 25.1 Å². The van der Waals surface area contributed by atoms with Gasteiger partial charge in [0.25, 0.3) is 5.91 Å². The predicted octanol–water partition coefficient (Wildman–Crippen LogP) is 5.69. The van der Waals surface area contributed by atoms with Crippen molar-refractivity contribution in [3.63, 3.8) is 0 Å². The number of nitrogens with zero attached hydrogens (tertiary/aromatic N) is 3. The SMILES string of the molecule is CCS(=O)Nc1ccc(-c2nn(C(C)(C)C)c(Nc3cccc(C(F)(F)F)n3)c2C(N)=O)cc1OCC(C)C. The first-order valence-corrected chi connectivity index (χ1v) is 13.6. The molecule has 1 unspecified atom stereocenters. The Morgan fingerprint density at radius 1 is 1.18 bits per heavy atom. The molecule has 0 fully saturated rings. The number of nitrogens with one attached hydrogen (secondary N) is 2. The monoisotopic (exact) mass is 566 g/mol. The average Bonchev–Trinajstić information content (AvgIpc) is 3.22. The number of nitrogens with two attached hydrogens (primary N) is 1. The number of hydrogen-bond donors (Lipinski definition) is 3. The van der Waals surface area contributed by atoms with Crippen molar-refractivity contribution in [1.82, 2.24) is 14.8 Å². The molecule has 0 spiro atoms. The van der Waals surface area contributed by atoms with Gasteiger partial charge in [0.1, 0.15) is 45.3 Å². The number of halogens is 3. The molecule has 0 aliphatic carbocycles. The van der Waals surface area contributed by atoms with Gasteiger partial charge in [0, 0.05) is 11.3 Å². The van der Waals surface area contributed by atoms with Crippen molar-refractivity contribution in [2.24, 2.45) is 11.7 Å². The van der Waals surface area contributed by atoms with Crippen molar-refractivity contribution >= 4 is 34.2 Å². The highest BCUT2D eigenvalue weighted by molar-refractivity contribution is 7.86. The summed E-state index contributed by atoms with van der Waals surface area (Å²) < 4.78 is 62.4. The number of rotatable bonds is 10. The fourth-order valence-electron chi connectivity index (χ4n) is 3.56. The fourth-order valence-corrected chi connectivity index (χ4v) is 4.12. The summed E-state index contributed by atoms with van der Waals surface area (Å²) in [6, 6.07) is 8.42. The lowest BCUT2D eigenvalue weighted by atomic mass is 10.1. The Bertz CT molecular complexity index is 1370. The van der Waals surface area contributed by atoms with Crippen LogP contribution in [0.1, 0.15) is 57.6 Å². The summed E-state index contributed by atoms with van der Waals surface area (Å²) in [4.78, 5) is 16.4. The second-order valence-electron chi connectivity index (χ2n) is 10.2. The molecule has 0 aliphatic heterocycles. The molecule has 9 nitrogen and oxygen atoms in total. The first-order valence-electron chi connectivity index (χ1n) is 12.3. The molecule has 3 aromatic rings. The van der Waals surface area contributed by atoms with E-state index >= 15 is 0 Å². The van der Waals surface area contributed by atoms with E-state index in [-0.39, 0.29) is 28.8 Å². The van der Waals surface area contributed by atoms with Crippen LogP contribution in [0.5, 0.6) is 5.75 Å². The summed E-state index contributed by atoms with van der Waals surface area (Å²) in [5.74, 6) is 0.107. The van der Waals surface area contributed by atoms with Crippen LogP contribution in [0.3, 0.4) is 0 Å². The van der Waals surface area contributed by atoms with Crippen molar-refractivity contribution in [3.05, 3.63) is 47.7 Å². The van der Waals surface area contributed by atoms with Crippen LogP contribution in [0.4, 0.5) is 30.5 Å². The molecule has 4 N–H and O–H groups in total. The number of carbonyl (C=O) groups is 1. The van der Waals surface area contributed by atoms with Crippen LogP contribution < -0.4 is 20.5 Å². The molecule has 3 rings (SSSR count). The average molecular weight is 567 g/mol. The van der Waals surface area contributed by atoms with E-state index in [4.69, 9.17) is 10.5 Å². The number of benzene rings is 1. The molecule has 1 amide bonds. The van der Waals surface area contributed by atoms with E-state index in [1.165, 1.54) is 16.8 Å². The Morgan fingerprint density at radius 2 is 1.87 bits per heavy atom. The minimum Gasteiger partial charge on any atom is -0.491 e. The summed E-state index contributed by atoms with van der Waals surface area (Å²) in [5, 5.41) is 7.49. The van der Waals surface area contributed by atoms with Crippen molar-refractivity contribution < 1.29 is 26.9 Å². The van der Waals surface area contributed by atoms with Gasteiger partial charge in [-0.3, -0.25) is 4.79 Å². The molecule has 0 aliphatic rings. The molecule has 1 atom stereocenters. The van der Waals surface area contributed by atoms with E-state index < -0.39 is 34.3 Å². The molecule has 0 bridgehead atoms. The third kappa shape index (κ3) is 7.28. The normalized spacial score (nSPS) is 12.9. The highest BCUT2D eigenvalue weighted by atomic mass is 32.2. The molecule has 39 heavy (non-hydrogen) atoms. The zero-order chi connectivity index (χ0) is 29.1. The maximum Gasteiger partial charge on any atom is 0.433 e. The van der Waals surface area contributed by atoms with Crippen LogP contribution in [0.25, 0.3) is 11.3 Å². The van der Waals surface area contributed by atoms with Crippen molar-refractivity contribution in [1.29, 1.82) is 0 Å². The zero-order valence-corrected chi connectivity index (χ0v) is 23.5. The Morgan fingerprint density at radius 3 is 2.44 bits per heavy atom. The van der Waals surface area contributed by atoms with Gasteiger partial charge >= 0.3 is 6.18 Å². The minimum atomic E-state index is -4.65. The van der Waals surface area contributed by atoms with Gasteiger partial charge in [-0.25, -0.2) is 13.9 Å². The molecule has 0 saturated heterocycles. The standard InChI is InChI=1S/C26H33F3N6O3S/c1-7-39(37)34-17-12-11-16(13-18(17)38-14-15(2)3)22-21(23(30)36)24(35(33-22)25(4,5)6)32-20-10-8-9-19(31-20)26(27,28)29/h8-13,15,34H,7,14H2,1-6H3,(H2,30,36)(H,31,32). The number of hydrogen-bond acceptors (Lipinski definition) is 6. The van der Waals surface area contributed by atoms with E-state index in [2.05, 4.69) is 20.1 Å². The third-order valence-corrected chi connectivity index (χ3v) is 6.34. The predicted molar refractivity (Wildman–Crippen MR) is 146 cm³/mol. The number of amides is 1. The molecule has 13 heteroatoms. The highest BCUT2D eigenvalue weighted by Crippen LogP contribution is 2.38. The van der Waals surface area contributed by atoms with Crippen LogP contribution in [-0.4, -0.2) is 37.2 Å². The summed E-state index contributed by atoms with van der Waals surface area (Å²) in [6.45, 7) is 11.6. The van der Waals surface area contributed by atoms with Crippen LogP contribution in [0, 0.1) is 5.92 Å². The van der Waals surface area contributed by atoms with Gasteiger partial charge < -0.3 is 20.5 Å². The summed E-state index contributed by atoms with van der Waals surface area (Å²) in [7, 11) is -1.33. The molecule has 2 aromatic heterocycles. The Balaban J connectivity index is 2.20. The molecule has 2 heterocycles. The van der Waals surface area contributed by atoms with Crippen molar-refractivity contribution in [3.8, 4) is 17.0 Å². The smallest absolute Gasteiger partial charge is 0.433 e. The number of primary amides is 1. The van der Waals surface area contributed by atoms with Gasteiger partial charge in [0.2, 0.25) is 0 Å². The summed E-state index contributed by atoms with van der Waals surface area (Å²) in [6.07, 6.45) is -4.65. The Hall–Kier alpha value is -3.61. The number of anilines is 3. The molecule has 0 saturated carbocycles. The van der Waals surface area contributed by atoms with Crippen molar-refractivity contribution in [2.45, 2.75) is 53.3 Å².